The predicted octanol–water partition coefficient (Wildman–Crippen LogP) is 17.4. The van der Waals surface area contributed by atoms with Gasteiger partial charge in [0, 0.05) is 19.3 Å². The molecule has 0 aliphatic carbocycles. The third-order valence-corrected chi connectivity index (χ3v) is 10.9. The van der Waals surface area contributed by atoms with E-state index in [0.717, 1.165) is 103 Å². The molecule has 6 nitrogen and oxygen atoms in total. The van der Waals surface area contributed by atoms with Crippen LogP contribution in [0.1, 0.15) is 233 Å². The molecule has 0 aliphatic heterocycles. The van der Waals surface area contributed by atoms with Gasteiger partial charge in [0.25, 0.3) is 0 Å². The smallest absolute Gasteiger partial charge is 0.306 e. The lowest BCUT2D eigenvalue weighted by Gasteiger charge is -2.18. The Morgan fingerprint density at radius 2 is 0.688 bits per heavy atom. The van der Waals surface area contributed by atoms with Gasteiger partial charge < -0.3 is 14.2 Å². The molecule has 0 rings (SSSR count). The van der Waals surface area contributed by atoms with E-state index >= 15 is 0 Å². The highest BCUT2D eigenvalue weighted by molar-refractivity contribution is 5.71. The van der Waals surface area contributed by atoms with Crippen molar-refractivity contribution in [3.8, 4) is 0 Å². The zero-order chi connectivity index (χ0) is 46.5. The van der Waals surface area contributed by atoms with Gasteiger partial charge in [-0.15, -0.1) is 0 Å². The van der Waals surface area contributed by atoms with E-state index in [2.05, 4.69) is 118 Å². The third-order valence-electron chi connectivity index (χ3n) is 10.9. The molecule has 0 spiro atoms. The van der Waals surface area contributed by atoms with Crippen LogP contribution in [0, 0.1) is 0 Å². The number of hydrogen-bond donors (Lipinski definition) is 0. The lowest BCUT2D eigenvalue weighted by molar-refractivity contribution is -0.167. The average Bonchev–Trinajstić information content (AvgIpc) is 3.29. The Labute approximate surface area is 394 Å². The van der Waals surface area contributed by atoms with Gasteiger partial charge in [-0.1, -0.05) is 208 Å². The summed E-state index contributed by atoms with van der Waals surface area (Å²) in [7, 11) is 0. The molecule has 0 radical (unpaired) electrons. The molecule has 0 aromatic rings. The van der Waals surface area contributed by atoms with Gasteiger partial charge in [0.05, 0.1) is 0 Å². The number of ether oxygens (including phenoxy) is 3. The van der Waals surface area contributed by atoms with Gasteiger partial charge in [-0.2, -0.15) is 0 Å². The van der Waals surface area contributed by atoms with Crippen molar-refractivity contribution < 1.29 is 28.6 Å². The second kappa shape index (κ2) is 52.0. The molecule has 0 aliphatic rings. The zero-order valence-electron chi connectivity index (χ0n) is 41.5. The molecule has 0 saturated carbocycles. The number of carbonyl (C=O) groups is 3. The van der Waals surface area contributed by atoms with Crippen LogP contribution in [0.25, 0.3) is 0 Å². The molecular weight excluding hydrogens is 793 g/mol. The molecule has 0 fully saturated rings. The van der Waals surface area contributed by atoms with Crippen LogP contribution in [0.5, 0.6) is 0 Å². The largest absolute Gasteiger partial charge is 0.462 e. The van der Waals surface area contributed by atoms with Crippen LogP contribution in [0.4, 0.5) is 0 Å². The summed E-state index contributed by atoms with van der Waals surface area (Å²) in [5.74, 6) is -0.997. The van der Waals surface area contributed by atoms with Gasteiger partial charge in [-0.3, -0.25) is 14.4 Å². The van der Waals surface area contributed by atoms with Gasteiger partial charge >= 0.3 is 17.9 Å². The van der Waals surface area contributed by atoms with Crippen LogP contribution in [0.15, 0.2) is 97.2 Å². The van der Waals surface area contributed by atoms with E-state index in [1.54, 1.807) is 0 Å². The van der Waals surface area contributed by atoms with Crippen LogP contribution in [-0.4, -0.2) is 37.2 Å². The maximum atomic E-state index is 12.8. The fourth-order valence-electron chi connectivity index (χ4n) is 6.90. The number of allylic oxidation sites excluding steroid dienone is 16. The summed E-state index contributed by atoms with van der Waals surface area (Å²) < 4.78 is 16.7. The van der Waals surface area contributed by atoms with Crippen molar-refractivity contribution in [2.45, 2.75) is 239 Å². The van der Waals surface area contributed by atoms with E-state index in [0.29, 0.717) is 19.3 Å². The van der Waals surface area contributed by atoms with Crippen LogP contribution < -0.4 is 0 Å². The summed E-state index contributed by atoms with van der Waals surface area (Å²) >= 11 is 0. The molecule has 0 aromatic heterocycles. The van der Waals surface area contributed by atoms with E-state index in [-0.39, 0.29) is 37.5 Å². The summed E-state index contributed by atoms with van der Waals surface area (Å²) in [4.78, 5) is 38.0. The first-order valence-electron chi connectivity index (χ1n) is 26.3. The van der Waals surface area contributed by atoms with Crippen molar-refractivity contribution >= 4 is 17.9 Å². The van der Waals surface area contributed by atoms with E-state index in [9.17, 15) is 14.4 Å². The van der Waals surface area contributed by atoms with Crippen molar-refractivity contribution in [3.63, 3.8) is 0 Å². The first-order valence-corrected chi connectivity index (χ1v) is 26.3. The second-order valence-electron chi connectivity index (χ2n) is 17.1. The highest BCUT2D eigenvalue weighted by Crippen LogP contribution is 2.13. The van der Waals surface area contributed by atoms with E-state index < -0.39 is 6.10 Å². The lowest BCUT2D eigenvalue weighted by atomic mass is 10.1. The van der Waals surface area contributed by atoms with Crippen molar-refractivity contribution in [2.75, 3.05) is 13.2 Å². The molecule has 6 heteroatoms. The number of unbranched alkanes of at least 4 members (excludes halogenated alkanes) is 21. The molecule has 0 aromatic carbocycles. The third kappa shape index (κ3) is 49.3. The first kappa shape index (κ1) is 60.3. The Bertz CT molecular complexity index is 1300. The Hall–Kier alpha value is -3.67. The zero-order valence-corrected chi connectivity index (χ0v) is 41.5. The Morgan fingerprint density at radius 3 is 1.19 bits per heavy atom. The van der Waals surface area contributed by atoms with Gasteiger partial charge in [0.1, 0.15) is 13.2 Å². The van der Waals surface area contributed by atoms with Gasteiger partial charge in [0.15, 0.2) is 6.10 Å². The van der Waals surface area contributed by atoms with E-state index in [4.69, 9.17) is 14.2 Å². The molecule has 0 N–H and O–H groups in total. The summed E-state index contributed by atoms with van der Waals surface area (Å²) in [6.45, 7) is 6.39. The summed E-state index contributed by atoms with van der Waals surface area (Å²) in [6, 6.07) is 0. The van der Waals surface area contributed by atoms with Crippen molar-refractivity contribution in [3.05, 3.63) is 97.2 Å². The molecule has 0 amide bonds. The summed E-state index contributed by atoms with van der Waals surface area (Å²) in [5, 5.41) is 0. The minimum absolute atomic E-state index is 0.110. The van der Waals surface area contributed by atoms with E-state index in [1.807, 2.05) is 0 Å². The minimum Gasteiger partial charge on any atom is -0.462 e. The van der Waals surface area contributed by atoms with Crippen LogP contribution in [-0.2, 0) is 28.6 Å². The Kier molecular flexibility index (Phi) is 49.0. The monoisotopic (exact) mass is 889 g/mol. The quantitative estimate of drug-likeness (QED) is 0.0199. The highest BCUT2D eigenvalue weighted by atomic mass is 16.6. The predicted molar refractivity (Wildman–Crippen MR) is 274 cm³/mol. The van der Waals surface area contributed by atoms with Gasteiger partial charge in [-0.25, -0.2) is 0 Å². The maximum absolute atomic E-state index is 12.8. The van der Waals surface area contributed by atoms with Gasteiger partial charge in [-0.05, 0) is 103 Å². The number of esters is 3. The molecule has 64 heavy (non-hydrogen) atoms. The van der Waals surface area contributed by atoms with Crippen molar-refractivity contribution in [2.24, 2.45) is 0 Å². The van der Waals surface area contributed by atoms with Crippen molar-refractivity contribution in [1.82, 2.24) is 0 Å². The number of carbonyl (C=O) groups excluding carboxylic acids is 3. The Morgan fingerprint density at radius 1 is 0.344 bits per heavy atom. The number of rotatable bonds is 46. The maximum Gasteiger partial charge on any atom is 0.306 e. The van der Waals surface area contributed by atoms with Gasteiger partial charge in [0.2, 0.25) is 0 Å². The summed E-state index contributed by atoms with van der Waals surface area (Å²) in [5.41, 5.74) is 0. The normalized spacial score (nSPS) is 12.9. The second-order valence-corrected chi connectivity index (χ2v) is 17.1. The SMILES string of the molecule is CC\C=C/C=C\C=C/CCCCCCCC(=O)OCC(COC(=O)CCC/C=C\C/C=C\C/C=C\C/C=C\CCCCC)OC(=O)CCCCCCC/C=C\CCCCCCCCC. The molecule has 1 atom stereocenters. The molecule has 364 valence electrons. The average molecular weight is 889 g/mol. The number of hydrogen-bond acceptors (Lipinski definition) is 6. The standard InChI is InChI=1S/C58H96O6/c1-4-7-10-13-16-19-22-25-27-29-31-33-36-39-42-45-48-51-57(60)63-54-55(53-62-56(59)50-47-44-41-38-35-32-24-21-18-15-12-9-6-3)64-58(61)52-49-46-43-40-37-34-30-28-26-23-20-17-14-11-8-5-2/h9,12,15-16,18-19,21,24-25,27-28,30-31,33,39,42,55H,4-8,10-11,13-14,17,20,22-23,26,29,32,34-38,40-41,43-54H2,1-3H3/b12-9-,18-15-,19-16-,24-21-,27-25-,30-28-,33-31-,42-39-. The molecule has 0 bridgehead atoms. The molecule has 0 heterocycles. The highest BCUT2D eigenvalue weighted by Gasteiger charge is 2.19. The fourth-order valence-corrected chi connectivity index (χ4v) is 6.90. The van der Waals surface area contributed by atoms with E-state index in [1.165, 1.54) is 83.5 Å². The molecule has 1 unspecified atom stereocenters. The van der Waals surface area contributed by atoms with Crippen LogP contribution in [0.2, 0.25) is 0 Å². The summed E-state index contributed by atoms with van der Waals surface area (Å²) in [6.07, 6.45) is 68.2. The Balaban J connectivity index is 4.52. The molecule has 0 saturated heterocycles. The van der Waals surface area contributed by atoms with Crippen molar-refractivity contribution in [1.29, 1.82) is 0 Å². The van der Waals surface area contributed by atoms with Crippen LogP contribution >= 0.6 is 0 Å². The first-order chi connectivity index (χ1) is 31.5. The fraction of sp³-hybridized carbons (Fsp3) is 0.672. The topological polar surface area (TPSA) is 78.9 Å². The molecular formula is C58H96O6. The minimum atomic E-state index is -0.813. The lowest BCUT2D eigenvalue weighted by Crippen LogP contribution is -2.30. The van der Waals surface area contributed by atoms with Crippen LogP contribution in [0.3, 0.4) is 0 Å².